The first-order valence-corrected chi connectivity index (χ1v) is 7.77. The highest BCUT2D eigenvalue weighted by Gasteiger charge is 2.22. The lowest BCUT2D eigenvalue weighted by atomic mass is 10.2. The minimum Gasteiger partial charge on any atom is -0.444 e. The van der Waals surface area contributed by atoms with Crippen molar-refractivity contribution in [3.05, 3.63) is 35.9 Å². The summed E-state index contributed by atoms with van der Waals surface area (Å²) in [5, 5.41) is 2.80. The van der Waals surface area contributed by atoms with Crippen LogP contribution in [0.25, 0.3) is 0 Å². The number of nitrogens with one attached hydrogen (secondary N) is 1. The van der Waals surface area contributed by atoms with Gasteiger partial charge in [-0.3, -0.25) is 5.32 Å². The third kappa shape index (κ3) is 5.39. The molecule has 1 aromatic rings. The second kappa shape index (κ2) is 7.29. The Morgan fingerprint density at radius 2 is 1.86 bits per heavy atom. The first kappa shape index (κ1) is 16.3. The molecule has 5 heteroatoms. The molecule has 1 aliphatic rings. The van der Waals surface area contributed by atoms with Crippen LogP contribution in [0.1, 0.15) is 39.2 Å². The number of ether oxygens (including phenoxy) is 1. The van der Waals surface area contributed by atoms with Gasteiger partial charge < -0.3 is 9.64 Å². The number of amides is 1. The van der Waals surface area contributed by atoms with Crippen LogP contribution in [-0.4, -0.2) is 35.6 Å². The van der Waals surface area contributed by atoms with E-state index in [1.807, 2.05) is 51.1 Å². The van der Waals surface area contributed by atoms with E-state index in [9.17, 15) is 4.79 Å². The maximum atomic E-state index is 12.0. The summed E-state index contributed by atoms with van der Waals surface area (Å²) in [6, 6.07) is 10.0. The Bertz CT molecular complexity index is 514. The summed E-state index contributed by atoms with van der Waals surface area (Å²) in [4.78, 5) is 18.7. The third-order valence-electron chi connectivity index (χ3n) is 3.27. The van der Waals surface area contributed by atoms with Gasteiger partial charge in [0.2, 0.25) is 5.96 Å². The van der Waals surface area contributed by atoms with Crippen molar-refractivity contribution >= 4 is 12.1 Å². The number of aliphatic imine (C=N–C) groups is 1. The van der Waals surface area contributed by atoms with Gasteiger partial charge in [-0.1, -0.05) is 30.3 Å². The van der Waals surface area contributed by atoms with Crippen molar-refractivity contribution in [1.82, 2.24) is 10.2 Å². The van der Waals surface area contributed by atoms with Crippen molar-refractivity contribution in [3.8, 4) is 0 Å². The number of alkyl carbamates (subject to hydrolysis) is 1. The summed E-state index contributed by atoms with van der Waals surface area (Å²) in [7, 11) is 0. The average molecular weight is 303 g/mol. The molecule has 0 unspecified atom stereocenters. The average Bonchev–Trinajstić information content (AvgIpc) is 2.96. The van der Waals surface area contributed by atoms with Crippen LogP contribution in [-0.2, 0) is 11.3 Å². The van der Waals surface area contributed by atoms with Crippen LogP contribution in [0.15, 0.2) is 35.3 Å². The molecule has 1 fully saturated rings. The molecule has 0 spiro atoms. The zero-order valence-corrected chi connectivity index (χ0v) is 13.6. The van der Waals surface area contributed by atoms with Crippen LogP contribution >= 0.6 is 0 Å². The number of rotatable bonds is 2. The van der Waals surface area contributed by atoms with Crippen molar-refractivity contribution in [3.63, 3.8) is 0 Å². The van der Waals surface area contributed by atoms with Crippen LogP contribution in [0, 0.1) is 0 Å². The summed E-state index contributed by atoms with van der Waals surface area (Å²) in [5.41, 5.74) is 0.602. The zero-order chi connectivity index (χ0) is 16.0. The molecule has 0 radical (unpaired) electrons. The van der Waals surface area contributed by atoms with Gasteiger partial charge in [0.25, 0.3) is 0 Å². The Morgan fingerprint density at radius 3 is 2.45 bits per heavy atom. The minimum atomic E-state index is -0.514. The molecule has 1 saturated heterocycles. The molecular formula is C17H25N3O2. The van der Waals surface area contributed by atoms with E-state index in [0.717, 1.165) is 31.5 Å². The first-order chi connectivity index (χ1) is 10.4. The molecule has 22 heavy (non-hydrogen) atoms. The fourth-order valence-electron chi connectivity index (χ4n) is 2.29. The molecule has 1 N–H and O–H groups in total. The number of guanidine groups is 1. The second-order valence-corrected chi connectivity index (χ2v) is 6.45. The van der Waals surface area contributed by atoms with Crippen molar-refractivity contribution in [1.29, 1.82) is 0 Å². The molecule has 5 nitrogen and oxygen atoms in total. The standard InChI is InChI=1S/C17H25N3O2/c1-17(2,3)22-16(21)19-15(20-11-7-8-12-20)18-13-14-9-5-4-6-10-14/h4-6,9-10H,7-8,11-13H2,1-3H3,(H,18,19,21). The SMILES string of the molecule is CC(C)(C)OC(=O)NC(=NCc1ccccc1)N1CCCC1. The van der Waals surface area contributed by atoms with E-state index in [1.54, 1.807) is 0 Å². The molecule has 0 aromatic heterocycles. The Morgan fingerprint density at radius 1 is 1.23 bits per heavy atom. The molecule has 1 heterocycles. The topological polar surface area (TPSA) is 53.9 Å². The largest absolute Gasteiger partial charge is 0.444 e. The molecule has 0 aliphatic carbocycles. The van der Waals surface area contributed by atoms with Gasteiger partial charge in [0.05, 0.1) is 6.54 Å². The lowest BCUT2D eigenvalue weighted by molar-refractivity contribution is 0.0557. The Labute approximate surface area is 132 Å². The highest BCUT2D eigenvalue weighted by atomic mass is 16.6. The van der Waals surface area contributed by atoms with Crippen molar-refractivity contribution < 1.29 is 9.53 Å². The fraction of sp³-hybridized carbons (Fsp3) is 0.529. The lowest BCUT2D eigenvalue weighted by Crippen LogP contribution is -2.44. The van der Waals surface area contributed by atoms with E-state index in [-0.39, 0.29) is 0 Å². The first-order valence-electron chi connectivity index (χ1n) is 7.77. The smallest absolute Gasteiger partial charge is 0.414 e. The van der Waals surface area contributed by atoms with Crippen LogP contribution in [0.4, 0.5) is 4.79 Å². The highest BCUT2D eigenvalue weighted by molar-refractivity contribution is 5.94. The highest BCUT2D eigenvalue weighted by Crippen LogP contribution is 2.10. The van der Waals surface area contributed by atoms with Gasteiger partial charge in [0, 0.05) is 13.1 Å². The predicted octanol–water partition coefficient (Wildman–Crippen LogP) is 3.16. The van der Waals surface area contributed by atoms with Gasteiger partial charge in [-0.2, -0.15) is 0 Å². The molecule has 1 aromatic carbocycles. The molecule has 0 bridgehead atoms. The molecule has 120 valence electrons. The Balaban J connectivity index is 2.04. The third-order valence-corrected chi connectivity index (χ3v) is 3.27. The van der Waals surface area contributed by atoms with E-state index in [1.165, 1.54) is 0 Å². The van der Waals surface area contributed by atoms with Crippen LogP contribution in [0.5, 0.6) is 0 Å². The number of carbonyl (C=O) groups is 1. The Hall–Kier alpha value is -2.04. The summed E-state index contributed by atoms with van der Waals surface area (Å²) in [5.74, 6) is 0.607. The summed E-state index contributed by atoms with van der Waals surface area (Å²) in [6.45, 7) is 7.94. The summed E-state index contributed by atoms with van der Waals surface area (Å²) >= 11 is 0. The van der Waals surface area contributed by atoms with E-state index in [0.29, 0.717) is 12.5 Å². The van der Waals surface area contributed by atoms with Crippen molar-refractivity contribution in [2.24, 2.45) is 4.99 Å². The van der Waals surface area contributed by atoms with E-state index in [4.69, 9.17) is 4.74 Å². The fourth-order valence-corrected chi connectivity index (χ4v) is 2.29. The number of likely N-dealkylation sites (tertiary alicyclic amines) is 1. The van der Waals surface area contributed by atoms with Crippen LogP contribution in [0.3, 0.4) is 0 Å². The molecule has 1 amide bonds. The van der Waals surface area contributed by atoms with Gasteiger partial charge in [-0.05, 0) is 39.2 Å². The Kier molecular flexibility index (Phi) is 5.41. The molecule has 0 atom stereocenters. The molecule has 2 rings (SSSR count). The van der Waals surface area contributed by atoms with E-state index in [2.05, 4.69) is 15.2 Å². The maximum Gasteiger partial charge on any atom is 0.414 e. The quantitative estimate of drug-likeness (QED) is 0.674. The van der Waals surface area contributed by atoms with Gasteiger partial charge in [0.1, 0.15) is 5.60 Å². The van der Waals surface area contributed by atoms with Crippen LogP contribution in [0.2, 0.25) is 0 Å². The lowest BCUT2D eigenvalue weighted by Gasteiger charge is -2.24. The summed E-state index contributed by atoms with van der Waals surface area (Å²) in [6.07, 6.45) is 1.80. The van der Waals surface area contributed by atoms with Gasteiger partial charge in [-0.15, -0.1) is 0 Å². The predicted molar refractivity (Wildman–Crippen MR) is 87.8 cm³/mol. The van der Waals surface area contributed by atoms with Crippen molar-refractivity contribution in [2.45, 2.75) is 45.8 Å². The normalized spacial score (nSPS) is 15.8. The minimum absolute atomic E-state index is 0.453. The maximum absolute atomic E-state index is 12.0. The number of hydrogen-bond donors (Lipinski definition) is 1. The number of benzene rings is 1. The molecule has 0 saturated carbocycles. The number of carbonyl (C=O) groups excluding carboxylic acids is 1. The van der Waals surface area contributed by atoms with E-state index >= 15 is 0 Å². The second-order valence-electron chi connectivity index (χ2n) is 6.45. The van der Waals surface area contributed by atoms with Gasteiger partial charge in [0.15, 0.2) is 0 Å². The molecule has 1 aliphatic heterocycles. The van der Waals surface area contributed by atoms with Crippen LogP contribution < -0.4 is 5.32 Å². The van der Waals surface area contributed by atoms with E-state index < -0.39 is 11.7 Å². The zero-order valence-electron chi connectivity index (χ0n) is 13.6. The van der Waals surface area contributed by atoms with Crippen molar-refractivity contribution in [2.75, 3.05) is 13.1 Å². The number of nitrogens with zero attached hydrogens (tertiary/aromatic N) is 2. The monoisotopic (exact) mass is 303 g/mol. The number of hydrogen-bond acceptors (Lipinski definition) is 3. The molecular weight excluding hydrogens is 278 g/mol. The van der Waals surface area contributed by atoms with Gasteiger partial charge >= 0.3 is 6.09 Å². The van der Waals surface area contributed by atoms with Gasteiger partial charge in [-0.25, -0.2) is 9.79 Å². The summed E-state index contributed by atoms with van der Waals surface area (Å²) < 4.78 is 5.32.